The molecule has 0 spiro atoms. The van der Waals surface area contributed by atoms with Crippen molar-refractivity contribution in [2.24, 2.45) is 0 Å². The third-order valence-corrected chi connectivity index (χ3v) is 9.91. The van der Waals surface area contributed by atoms with Crippen LogP contribution in [0, 0.1) is 0 Å². The molecule has 16 heteroatoms. The Bertz CT molecular complexity index is 2830. The Balaban J connectivity index is 0.000000179. The lowest BCUT2D eigenvalue weighted by Gasteiger charge is -2.20. The number of ether oxygens (including phenoxy) is 2. The van der Waals surface area contributed by atoms with Gasteiger partial charge in [-0.15, -0.1) is 0 Å². The molecule has 0 aliphatic carbocycles. The summed E-state index contributed by atoms with van der Waals surface area (Å²) in [7, 11) is -5.84. The molecule has 6 aromatic carbocycles. The summed E-state index contributed by atoms with van der Waals surface area (Å²) in [6.07, 6.45) is 0.457. The van der Waals surface area contributed by atoms with Crippen molar-refractivity contribution in [1.82, 2.24) is 9.13 Å². The van der Waals surface area contributed by atoms with E-state index in [-0.39, 0.29) is 12.4 Å². The molecule has 0 atom stereocenters. The summed E-state index contributed by atoms with van der Waals surface area (Å²) < 4.78 is 73.8. The minimum absolute atomic E-state index is 0.0578. The number of carbonyl (C=O) groups excluding carboxylic acids is 1. The van der Waals surface area contributed by atoms with Crippen molar-refractivity contribution in [2.75, 3.05) is 16.5 Å². The maximum Gasteiger partial charge on any atom is 0.522 e. The van der Waals surface area contributed by atoms with E-state index < -0.39 is 15.6 Å². The number of carbonyl (C=O) groups is 1. The molecular weight excluding hydrogens is 1050 g/mol. The molecule has 308 valence electrons. The van der Waals surface area contributed by atoms with Gasteiger partial charge in [0.15, 0.2) is 17.3 Å². The van der Waals surface area contributed by atoms with Crippen LogP contribution in [-0.4, -0.2) is 49.9 Å². The smallest absolute Gasteiger partial charge is 0.484 e. The predicted octanol–water partition coefficient (Wildman–Crippen LogP) is 13.8. The monoisotopic (exact) mass is 1090 g/mol. The van der Waals surface area contributed by atoms with Crippen LogP contribution in [0.3, 0.4) is 0 Å². The quantitative estimate of drug-likeness (QED) is 0.0798. The average molecular weight is 1090 g/mol. The highest BCUT2D eigenvalue weighted by atomic mass is 127. The van der Waals surface area contributed by atoms with Gasteiger partial charge in [0.1, 0.15) is 12.4 Å². The standard InChI is InChI=1S/C22H18ClNO2.C18H10ClNO.CHF3O3S.2CH3I/c1-2-16(25)14-26-22-12-11-15(23)13-21(22)24-19-9-5-3-7-17(19)18-8-4-6-10-20(18)24;19-11-8-9-16-15(10-11)20-14-6-2-1-4-12(14)13-5-3-7-17(21-16)18(13)20;2-1(3,4)8(5,6)7;2*1-2/h3-13H,2,14H2,1H3;1-10H;(H,5,6,7);2*1H3. The van der Waals surface area contributed by atoms with Crippen molar-refractivity contribution in [1.29, 1.82) is 0 Å². The van der Waals surface area contributed by atoms with Crippen molar-refractivity contribution >= 4 is 128 Å². The summed E-state index contributed by atoms with van der Waals surface area (Å²) in [5, 5.41) is 6.09. The highest BCUT2D eigenvalue weighted by Gasteiger charge is 2.44. The Kier molecular flexibility index (Phi) is 15.6. The maximum atomic E-state index is 11.7. The highest BCUT2D eigenvalue weighted by molar-refractivity contribution is 14.1. The lowest BCUT2D eigenvalue weighted by atomic mass is 10.1. The van der Waals surface area contributed by atoms with Crippen LogP contribution >= 0.6 is 68.4 Å². The number of alkyl halides is 5. The highest BCUT2D eigenvalue weighted by Crippen LogP contribution is 2.45. The zero-order chi connectivity index (χ0) is 43.1. The second-order valence-corrected chi connectivity index (χ2v) is 14.6. The zero-order valence-electron chi connectivity index (χ0n) is 31.5. The number of hydrogen-bond donors (Lipinski definition) is 1. The van der Waals surface area contributed by atoms with Crippen LogP contribution in [0.4, 0.5) is 13.2 Å². The molecular formula is C43H35Cl2F3I2N2O6S. The van der Waals surface area contributed by atoms with Gasteiger partial charge in [-0.1, -0.05) is 142 Å². The Labute approximate surface area is 375 Å². The van der Waals surface area contributed by atoms with E-state index in [2.05, 4.69) is 109 Å². The van der Waals surface area contributed by atoms with Crippen LogP contribution in [0.25, 0.3) is 55.0 Å². The fraction of sp³-hybridized carbons (Fsp3) is 0.140. The second-order valence-electron chi connectivity index (χ2n) is 12.3. The van der Waals surface area contributed by atoms with Crippen LogP contribution in [-0.2, 0) is 14.9 Å². The van der Waals surface area contributed by atoms with Gasteiger partial charge in [0, 0.05) is 38.0 Å². The van der Waals surface area contributed by atoms with E-state index in [0.717, 1.165) is 39.4 Å². The van der Waals surface area contributed by atoms with E-state index in [1.165, 1.54) is 27.1 Å². The van der Waals surface area contributed by atoms with Gasteiger partial charge in [0.25, 0.3) is 0 Å². The lowest BCUT2D eigenvalue weighted by Crippen LogP contribution is -2.21. The summed E-state index contributed by atoms with van der Waals surface area (Å²) in [6, 6.07) is 42.3. The Morgan fingerprint density at radius 2 is 1.14 bits per heavy atom. The topological polar surface area (TPSA) is 99.8 Å². The first-order valence-electron chi connectivity index (χ1n) is 17.5. The van der Waals surface area contributed by atoms with Gasteiger partial charge >= 0.3 is 15.6 Å². The molecule has 9 rings (SSSR count). The van der Waals surface area contributed by atoms with Crippen molar-refractivity contribution in [3.8, 4) is 28.6 Å². The number of halogens is 7. The van der Waals surface area contributed by atoms with Crippen molar-refractivity contribution in [3.63, 3.8) is 0 Å². The van der Waals surface area contributed by atoms with Crippen LogP contribution in [0.2, 0.25) is 10.0 Å². The van der Waals surface area contributed by atoms with E-state index in [1.54, 1.807) is 6.07 Å². The molecule has 0 saturated heterocycles. The number of rotatable bonds is 5. The molecule has 2 aromatic heterocycles. The Hall–Kier alpha value is -4.07. The molecule has 0 fully saturated rings. The molecule has 3 heterocycles. The van der Waals surface area contributed by atoms with Crippen LogP contribution in [0.15, 0.2) is 127 Å². The van der Waals surface area contributed by atoms with E-state index in [4.69, 9.17) is 45.6 Å². The SMILES string of the molecule is CCC(=O)COc1ccc(Cl)cc1-n1c2ccccc2c2ccccc21.CI.CI.Clc1ccc2c(c1)-n1c3ccccc3c3cccc(c31)O2.O=S(=O)(O)C(F)(F)F. The fourth-order valence-electron chi connectivity index (χ4n) is 6.42. The van der Waals surface area contributed by atoms with E-state index >= 15 is 0 Å². The molecule has 8 aromatic rings. The minimum atomic E-state index is -5.84. The predicted molar refractivity (Wildman–Crippen MR) is 250 cm³/mol. The first-order valence-corrected chi connectivity index (χ1v) is 24.0. The summed E-state index contributed by atoms with van der Waals surface area (Å²) >= 11 is 16.8. The molecule has 0 bridgehead atoms. The molecule has 0 amide bonds. The average Bonchev–Trinajstić information content (AvgIpc) is 3.76. The van der Waals surface area contributed by atoms with Gasteiger partial charge in [0.05, 0.1) is 33.4 Å². The number of benzene rings is 6. The lowest BCUT2D eigenvalue weighted by molar-refractivity contribution is -0.120. The van der Waals surface area contributed by atoms with Gasteiger partial charge in [0.2, 0.25) is 0 Å². The summed E-state index contributed by atoms with van der Waals surface area (Å²) in [6.45, 7) is 1.89. The molecule has 0 saturated carbocycles. The number of aromatic nitrogens is 2. The molecule has 59 heavy (non-hydrogen) atoms. The Morgan fingerprint density at radius 3 is 1.66 bits per heavy atom. The third-order valence-electron chi connectivity index (χ3n) is 8.86. The van der Waals surface area contributed by atoms with Crippen LogP contribution < -0.4 is 9.47 Å². The van der Waals surface area contributed by atoms with Gasteiger partial charge in [-0.3, -0.25) is 9.35 Å². The Morgan fingerprint density at radius 1 is 0.678 bits per heavy atom. The number of hydrogen-bond acceptors (Lipinski definition) is 5. The number of nitrogens with zero attached hydrogens (tertiary/aromatic N) is 2. The second kappa shape index (κ2) is 20.0. The minimum Gasteiger partial charge on any atom is -0.484 e. The number of para-hydroxylation sites is 4. The first-order chi connectivity index (χ1) is 28.3. The van der Waals surface area contributed by atoms with Crippen molar-refractivity contribution in [3.05, 3.63) is 137 Å². The fourth-order valence-corrected chi connectivity index (χ4v) is 6.75. The maximum absolute atomic E-state index is 11.7. The molecule has 0 radical (unpaired) electrons. The van der Waals surface area contributed by atoms with E-state index in [9.17, 15) is 18.0 Å². The number of ketones is 1. The first kappa shape index (κ1) is 46.0. The van der Waals surface area contributed by atoms with E-state index in [1.807, 2.05) is 83.5 Å². The van der Waals surface area contributed by atoms with Gasteiger partial charge < -0.3 is 18.6 Å². The van der Waals surface area contributed by atoms with Crippen molar-refractivity contribution < 1.29 is 40.4 Å². The summed E-state index contributed by atoms with van der Waals surface area (Å²) in [5.74, 6) is 2.43. The number of Topliss-reactive ketones (excluding diaryl/α,β-unsaturated/α-hetero) is 1. The van der Waals surface area contributed by atoms with Gasteiger partial charge in [-0.2, -0.15) is 21.6 Å². The summed E-state index contributed by atoms with van der Waals surface area (Å²) in [5.41, 5.74) is 0.712. The molecule has 0 unspecified atom stereocenters. The largest absolute Gasteiger partial charge is 0.522 e. The van der Waals surface area contributed by atoms with Gasteiger partial charge in [-0.05, 0) is 70.5 Å². The zero-order valence-corrected chi connectivity index (χ0v) is 38.1. The third kappa shape index (κ3) is 9.94. The van der Waals surface area contributed by atoms with Crippen LogP contribution in [0.1, 0.15) is 13.3 Å². The molecule has 8 nitrogen and oxygen atoms in total. The summed E-state index contributed by atoms with van der Waals surface area (Å²) in [4.78, 5) is 15.7. The van der Waals surface area contributed by atoms with Crippen molar-refractivity contribution in [2.45, 2.75) is 18.9 Å². The number of fused-ring (bicyclic) bond motifs is 8. The molecule has 1 aliphatic rings. The molecule has 1 aliphatic heterocycles. The van der Waals surface area contributed by atoms with Crippen LogP contribution in [0.5, 0.6) is 17.2 Å². The van der Waals surface area contributed by atoms with E-state index in [0.29, 0.717) is 22.2 Å². The van der Waals surface area contributed by atoms with Gasteiger partial charge in [-0.25, -0.2) is 0 Å². The normalized spacial score (nSPS) is 11.4. The molecule has 1 N–H and O–H groups in total.